The zero-order valence-corrected chi connectivity index (χ0v) is 19.8. The molecule has 0 nitrogen and oxygen atoms in total. The van der Waals surface area contributed by atoms with Crippen LogP contribution in [0.1, 0.15) is 43.0 Å². The molecule has 160 valence electrons. The van der Waals surface area contributed by atoms with E-state index in [0.717, 1.165) is 22.3 Å². The molecule has 0 aliphatic rings. The summed E-state index contributed by atoms with van der Waals surface area (Å²) in [6.45, 7) is 26.1. The van der Waals surface area contributed by atoms with Gasteiger partial charge in [-0.15, -0.1) is 6.58 Å². The standard InChI is InChI=1S/C28H30.C3H6/c1-8-24(9-2)18-17-23(7)27(20(3)4)28(25-13-11-10-12-14-25)26-19-21(5)15-16-22(26)6;1-3-2/h8-19H,1,3,7H2,2,4-6H3;3H,1H2,2H3/b18-17+,24-9+,28-27+;. The minimum absolute atomic E-state index is 0.938. The van der Waals surface area contributed by atoms with Crippen LogP contribution in [0.25, 0.3) is 5.57 Å². The van der Waals surface area contributed by atoms with Gasteiger partial charge >= 0.3 is 0 Å². The van der Waals surface area contributed by atoms with Crippen molar-refractivity contribution in [1.82, 2.24) is 0 Å². The summed E-state index contributed by atoms with van der Waals surface area (Å²) < 4.78 is 0. The molecule has 0 aliphatic carbocycles. The molecule has 2 rings (SSSR count). The highest BCUT2D eigenvalue weighted by atomic mass is 14.2. The molecule has 0 heteroatoms. The lowest BCUT2D eigenvalue weighted by Gasteiger charge is -2.20. The van der Waals surface area contributed by atoms with E-state index in [1.165, 1.54) is 27.8 Å². The third-order valence-electron chi connectivity index (χ3n) is 4.77. The normalized spacial score (nSPS) is 11.8. The van der Waals surface area contributed by atoms with E-state index in [1.807, 2.05) is 45.1 Å². The highest BCUT2D eigenvalue weighted by Gasteiger charge is 2.16. The van der Waals surface area contributed by atoms with Crippen molar-refractivity contribution in [3.63, 3.8) is 0 Å². The molecule has 2 aromatic carbocycles. The van der Waals surface area contributed by atoms with Gasteiger partial charge in [0.15, 0.2) is 0 Å². The smallest absolute Gasteiger partial charge is 0.00278 e. The summed E-state index contributed by atoms with van der Waals surface area (Å²) in [7, 11) is 0. The molecule has 0 atom stereocenters. The monoisotopic (exact) mass is 408 g/mol. The second-order valence-corrected chi connectivity index (χ2v) is 7.47. The van der Waals surface area contributed by atoms with E-state index in [9.17, 15) is 0 Å². The molecule has 0 fully saturated rings. The Balaban J connectivity index is 0.00000151. The molecule has 31 heavy (non-hydrogen) atoms. The fourth-order valence-electron chi connectivity index (χ4n) is 3.25. The Bertz CT molecular complexity index is 1020. The zero-order chi connectivity index (χ0) is 23.4. The summed E-state index contributed by atoms with van der Waals surface area (Å²) in [5, 5.41) is 0. The largest absolute Gasteiger partial charge is 0.103 e. The second-order valence-electron chi connectivity index (χ2n) is 7.47. The topological polar surface area (TPSA) is 0 Å². The molecule has 0 unspecified atom stereocenters. The van der Waals surface area contributed by atoms with Crippen LogP contribution in [0.2, 0.25) is 0 Å². The highest BCUT2D eigenvalue weighted by molar-refractivity contribution is 5.89. The SMILES string of the molecule is C=CC.C=CC(/C=C/C(=C)/C(C(=C)C)=C(\c1ccccc1)c1cc(C)ccc1C)=C\C. The molecule has 0 N–H and O–H groups in total. The number of benzene rings is 2. The van der Waals surface area contributed by atoms with Gasteiger partial charge in [0.2, 0.25) is 0 Å². The number of hydrogen-bond donors (Lipinski definition) is 0. The lowest BCUT2D eigenvalue weighted by Crippen LogP contribution is -2.00. The van der Waals surface area contributed by atoms with Crippen LogP contribution in [-0.4, -0.2) is 0 Å². The van der Waals surface area contributed by atoms with Gasteiger partial charge in [-0.2, -0.15) is 0 Å². The molecular formula is C31H36. The maximum atomic E-state index is 4.37. The fraction of sp³-hybridized carbons (Fsp3) is 0.161. The van der Waals surface area contributed by atoms with Crippen LogP contribution in [0.4, 0.5) is 0 Å². The minimum Gasteiger partial charge on any atom is -0.103 e. The first-order chi connectivity index (χ1) is 14.8. The summed E-state index contributed by atoms with van der Waals surface area (Å²) in [6, 6.07) is 17.1. The Morgan fingerprint density at radius 3 is 2.00 bits per heavy atom. The van der Waals surface area contributed by atoms with Gasteiger partial charge in [-0.05, 0) is 79.2 Å². The summed E-state index contributed by atoms with van der Waals surface area (Å²) in [5.41, 5.74) is 10.1. The van der Waals surface area contributed by atoms with Gasteiger partial charge in [-0.25, -0.2) is 0 Å². The fourth-order valence-corrected chi connectivity index (χ4v) is 3.25. The van der Waals surface area contributed by atoms with Gasteiger partial charge in [-0.1, -0.05) is 104 Å². The lowest BCUT2D eigenvalue weighted by molar-refractivity contribution is 1.33. The van der Waals surface area contributed by atoms with Gasteiger partial charge in [0.1, 0.15) is 0 Å². The number of rotatable bonds is 7. The van der Waals surface area contributed by atoms with Crippen LogP contribution < -0.4 is 0 Å². The Morgan fingerprint density at radius 1 is 0.871 bits per heavy atom. The summed E-state index contributed by atoms with van der Waals surface area (Å²) in [4.78, 5) is 0. The van der Waals surface area contributed by atoms with Gasteiger partial charge in [0.05, 0.1) is 0 Å². The Kier molecular flexibility index (Phi) is 10.8. The first kappa shape index (κ1) is 25.7. The zero-order valence-electron chi connectivity index (χ0n) is 19.8. The van der Waals surface area contributed by atoms with Crippen molar-refractivity contribution < 1.29 is 0 Å². The van der Waals surface area contributed by atoms with Crippen LogP contribution >= 0.6 is 0 Å². The first-order valence-electron chi connectivity index (χ1n) is 10.6. The number of allylic oxidation sites excluding steroid dienone is 9. The van der Waals surface area contributed by atoms with E-state index in [2.05, 4.69) is 88.7 Å². The molecule has 0 spiro atoms. The second kappa shape index (κ2) is 13.0. The summed E-state index contributed by atoms with van der Waals surface area (Å²) in [6.07, 6.45) is 9.72. The lowest BCUT2D eigenvalue weighted by atomic mass is 9.84. The van der Waals surface area contributed by atoms with Crippen molar-refractivity contribution in [3.05, 3.63) is 150 Å². The maximum absolute atomic E-state index is 4.37. The van der Waals surface area contributed by atoms with Crippen molar-refractivity contribution in [3.8, 4) is 0 Å². The average Bonchev–Trinajstić information content (AvgIpc) is 2.75. The molecule has 0 saturated heterocycles. The van der Waals surface area contributed by atoms with Gasteiger partial charge in [0, 0.05) is 0 Å². The van der Waals surface area contributed by atoms with E-state index in [4.69, 9.17) is 0 Å². The molecule has 2 aromatic rings. The van der Waals surface area contributed by atoms with E-state index < -0.39 is 0 Å². The Labute approximate surface area is 190 Å². The van der Waals surface area contributed by atoms with Crippen LogP contribution in [0.3, 0.4) is 0 Å². The molecule has 0 bridgehead atoms. The van der Waals surface area contributed by atoms with E-state index >= 15 is 0 Å². The summed E-state index contributed by atoms with van der Waals surface area (Å²) >= 11 is 0. The van der Waals surface area contributed by atoms with Crippen LogP contribution in [0.15, 0.2) is 128 Å². The van der Waals surface area contributed by atoms with Crippen molar-refractivity contribution >= 4 is 5.57 Å². The van der Waals surface area contributed by atoms with Gasteiger partial charge < -0.3 is 0 Å². The van der Waals surface area contributed by atoms with Crippen molar-refractivity contribution in [2.24, 2.45) is 0 Å². The molecule has 0 amide bonds. The predicted molar refractivity (Wildman–Crippen MR) is 141 cm³/mol. The minimum atomic E-state index is 0.938. The van der Waals surface area contributed by atoms with Crippen molar-refractivity contribution in [1.29, 1.82) is 0 Å². The predicted octanol–water partition coefficient (Wildman–Crippen LogP) is 9.12. The summed E-state index contributed by atoms with van der Waals surface area (Å²) in [5.74, 6) is 0. The molecule has 0 aromatic heterocycles. The van der Waals surface area contributed by atoms with E-state index in [-0.39, 0.29) is 0 Å². The maximum Gasteiger partial charge on any atom is -0.00278 e. The average molecular weight is 409 g/mol. The number of hydrogen-bond acceptors (Lipinski definition) is 0. The Hall–Kier alpha value is -3.38. The molecule has 0 heterocycles. The van der Waals surface area contributed by atoms with E-state index in [0.29, 0.717) is 0 Å². The molecule has 0 saturated carbocycles. The van der Waals surface area contributed by atoms with Crippen LogP contribution in [0, 0.1) is 13.8 Å². The molecular weight excluding hydrogens is 372 g/mol. The highest BCUT2D eigenvalue weighted by Crippen LogP contribution is 2.36. The van der Waals surface area contributed by atoms with Gasteiger partial charge in [0.25, 0.3) is 0 Å². The van der Waals surface area contributed by atoms with E-state index in [1.54, 1.807) is 6.08 Å². The van der Waals surface area contributed by atoms with Crippen molar-refractivity contribution in [2.45, 2.75) is 34.6 Å². The van der Waals surface area contributed by atoms with Crippen molar-refractivity contribution in [2.75, 3.05) is 0 Å². The first-order valence-corrected chi connectivity index (χ1v) is 10.6. The van der Waals surface area contributed by atoms with Gasteiger partial charge in [-0.3, -0.25) is 0 Å². The molecule has 0 aliphatic heterocycles. The quantitative estimate of drug-likeness (QED) is 0.316. The van der Waals surface area contributed by atoms with Crippen LogP contribution in [0.5, 0.6) is 0 Å². The third-order valence-corrected chi connectivity index (χ3v) is 4.77. The molecule has 0 radical (unpaired) electrons. The number of aryl methyl sites for hydroxylation is 2. The van der Waals surface area contributed by atoms with Crippen LogP contribution in [-0.2, 0) is 0 Å². The third kappa shape index (κ3) is 7.42. The Morgan fingerprint density at radius 2 is 1.48 bits per heavy atom.